The van der Waals surface area contributed by atoms with E-state index in [1.807, 2.05) is 25.1 Å². The molecule has 0 amide bonds. The maximum absolute atomic E-state index is 9.97. The summed E-state index contributed by atoms with van der Waals surface area (Å²) in [5, 5.41) is 22.4. The number of hydrogen-bond acceptors (Lipinski definition) is 4. The second-order valence-corrected chi connectivity index (χ2v) is 5.73. The van der Waals surface area contributed by atoms with E-state index < -0.39 is 5.60 Å². The fourth-order valence-electron chi connectivity index (χ4n) is 1.48. The Morgan fingerprint density at radius 2 is 2.17 bits per heavy atom. The van der Waals surface area contributed by atoms with Crippen LogP contribution >= 0.6 is 11.8 Å². The molecule has 0 aliphatic rings. The van der Waals surface area contributed by atoms with E-state index in [1.54, 1.807) is 18.7 Å². The number of nitriles is 1. The molecule has 1 unspecified atom stereocenters. The molecule has 0 bridgehead atoms. The van der Waals surface area contributed by atoms with Gasteiger partial charge >= 0.3 is 0 Å². The average Bonchev–Trinajstić information content (AvgIpc) is 2.37. The van der Waals surface area contributed by atoms with Gasteiger partial charge in [0.05, 0.1) is 16.9 Å². The summed E-state index contributed by atoms with van der Waals surface area (Å²) in [4.78, 5) is 0.987. The van der Waals surface area contributed by atoms with Gasteiger partial charge in [0, 0.05) is 11.4 Å². The van der Waals surface area contributed by atoms with Gasteiger partial charge in [-0.15, -0.1) is 11.8 Å². The van der Waals surface area contributed by atoms with Crippen molar-refractivity contribution in [2.75, 3.05) is 17.6 Å². The summed E-state index contributed by atoms with van der Waals surface area (Å²) in [6, 6.07) is 8.00. The van der Waals surface area contributed by atoms with Gasteiger partial charge in [0.15, 0.2) is 0 Å². The van der Waals surface area contributed by atoms with Crippen LogP contribution in [0, 0.1) is 11.3 Å². The van der Waals surface area contributed by atoms with Gasteiger partial charge in [-0.2, -0.15) is 5.26 Å². The molecule has 3 nitrogen and oxygen atoms in total. The number of nitrogens with one attached hydrogen (secondary N) is 1. The lowest BCUT2D eigenvalue weighted by Gasteiger charge is -2.23. The van der Waals surface area contributed by atoms with Gasteiger partial charge in [0.2, 0.25) is 0 Å². The minimum atomic E-state index is -0.749. The van der Waals surface area contributed by atoms with Crippen molar-refractivity contribution in [3.05, 3.63) is 23.8 Å². The number of anilines is 1. The van der Waals surface area contributed by atoms with E-state index in [0.29, 0.717) is 18.5 Å². The highest BCUT2D eigenvalue weighted by atomic mass is 32.2. The lowest BCUT2D eigenvalue weighted by atomic mass is 10.0. The van der Waals surface area contributed by atoms with Gasteiger partial charge < -0.3 is 10.4 Å². The molecule has 0 heterocycles. The Morgan fingerprint density at radius 3 is 2.72 bits per heavy atom. The number of rotatable bonds is 6. The molecule has 1 aromatic rings. The van der Waals surface area contributed by atoms with Gasteiger partial charge in [-0.3, -0.25) is 0 Å². The van der Waals surface area contributed by atoms with Crippen LogP contribution in [0.2, 0.25) is 0 Å². The normalized spacial score (nSPS) is 13.7. The van der Waals surface area contributed by atoms with Crippen molar-refractivity contribution >= 4 is 17.4 Å². The average molecular weight is 264 g/mol. The van der Waals surface area contributed by atoms with Crippen LogP contribution in [0.25, 0.3) is 0 Å². The summed E-state index contributed by atoms with van der Waals surface area (Å²) in [6.07, 6.45) is 0.672. The summed E-state index contributed by atoms with van der Waals surface area (Å²) >= 11 is 1.65. The van der Waals surface area contributed by atoms with Gasteiger partial charge in [-0.05, 0) is 31.2 Å². The predicted molar refractivity (Wildman–Crippen MR) is 77.0 cm³/mol. The fourth-order valence-corrected chi connectivity index (χ4v) is 2.27. The molecule has 0 saturated carbocycles. The van der Waals surface area contributed by atoms with Gasteiger partial charge in [0.1, 0.15) is 6.07 Å². The lowest BCUT2D eigenvalue weighted by molar-refractivity contribution is 0.0697. The Bertz CT molecular complexity index is 438. The zero-order valence-electron chi connectivity index (χ0n) is 11.2. The first-order chi connectivity index (χ1) is 8.54. The SMILES string of the molecule is CCSc1cccc(NCC(C)(O)CC)c1C#N. The molecule has 4 heteroatoms. The Labute approximate surface area is 113 Å². The highest BCUT2D eigenvalue weighted by Crippen LogP contribution is 2.28. The third-order valence-corrected chi connectivity index (χ3v) is 3.80. The van der Waals surface area contributed by atoms with E-state index in [2.05, 4.69) is 18.3 Å². The van der Waals surface area contributed by atoms with Crippen LogP contribution in [0.1, 0.15) is 32.8 Å². The third kappa shape index (κ3) is 3.94. The van der Waals surface area contributed by atoms with E-state index in [9.17, 15) is 10.4 Å². The first-order valence-electron chi connectivity index (χ1n) is 6.16. The zero-order valence-corrected chi connectivity index (χ0v) is 12.0. The molecule has 0 aliphatic carbocycles. The van der Waals surface area contributed by atoms with Gasteiger partial charge in [-0.1, -0.05) is 19.9 Å². The third-order valence-electron chi connectivity index (χ3n) is 2.86. The van der Waals surface area contributed by atoms with E-state index in [-0.39, 0.29) is 0 Å². The summed E-state index contributed by atoms with van der Waals surface area (Å²) < 4.78 is 0. The molecular weight excluding hydrogens is 244 g/mol. The molecule has 1 atom stereocenters. The van der Waals surface area contributed by atoms with Crippen LogP contribution in [-0.4, -0.2) is 23.0 Å². The molecule has 1 rings (SSSR count). The van der Waals surface area contributed by atoms with Crippen LogP contribution in [0.15, 0.2) is 23.1 Å². The molecule has 18 heavy (non-hydrogen) atoms. The van der Waals surface area contributed by atoms with E-state index in [1.165, 1.54) is 0 Å². The van der Waals surface area contributed by atoms with Crippen LogP contribution < -0.4 is 5.32 Å². The molecule has 0 saturated heterocycles. The summed E-state index contributed by atoms with van der Waals surface area (Å²) in [5.74, 6) is 0.935. The Hall–Kier alpha value is -1.18. The van der Waals surface area contributed by atoms with Crippen LogP contribution in [0.5, 0.6) is 0 Å². The number of nitrogens with zero attached hydrogens (tertiary/aromatic N) is 1. The first kappa shape index (κ1) is 14.9. The quantitative estimate of drug-likeness (QED) is 0.774. The molecule has 0 fully saturated rings. The maximum atomic E-state index is 9.97. The highest BCUT2D eigenvalue weighted by molar-refractivity contribution is 7.99. The van der Waals surface area contributed by atoms with E-state index >= 15 is 0 Å². The Balaban J connectivity index is 2.89. The van der Waals surface area contributed by atoms with Crippen molar-refractivity contribution in [1.82, 2.24) is 0 Å². The molecule has 98 valence electrons. The summed E-state index contributed by atoms with van der Waals surface area (Å²) in [6.45, 7) is 6.24. The molecular formula is C14H20N2OS. The molecule has 1 aromatic carbocycles. The number of benzene rings is 1. The first-order valence-corrected chi connectivity index (χ1v) is 7.14. The number of hydrogen-bond donors (Lipinski definition) is 2. The largest absolute Gasteiger partial charge is 0.388 e. The molecule has 0 radical (unpaired) electrons. The fraction of sp³-hybridized carbons (Fsp3) is 0.500. The predicted octanol–water partition coefficient (Wildman–Crippen LogP) is 3.24. The second-order valence-electron chi connectivity index (χ2n) is 4.43. The minimum absolute atomic E-state index is 0.443. The highest BCUT2D eigenvalue weighted by Gasteiger charge is 2.18. The Morgan fingerprint density at radius 1 is 1.44 bits per heavy atom. The van der Waals surface area contributed by atoms with E-state index in [0.717, 1.165) is 16.3 Å². The topological polar surface area (TPSA) is 56.0 Å². The van der Waals surface area contributed by atoms with E-state index in [4.69, 9.17) is 0 Å². The van der Waals surface area contributed by atoms with Crippen molar-refractivity contribution in [2.45, 2.75) is 37.7 Å². The van der Waals surface area contributed by atoms with Crippen molar-refractivity contribution in [2.24, 2.45) is 0 Å². The van der Waals surface area contributed by atoms with Gasteiger partial charge in [-0.25, -0.2) is 0 Å². The van der Waals surface area contributed by atoms with Crippen molar-refractivity contribution in [1.29, 1.82) is 5.26 Å². The molecule has 2 N–H and O–H groups in total. The van der Waals surface area contributed by atoms with Crippen LogP contribution in [0.3, 0.4) is 0 Å². The minimum Gasteiger partial charge on any atom is -0.388 e. The zero-order chi connectivity index (χ0) is 13.6. The van der Waals surface area contributed by atoms with Crippen LogP contribution in [0.4, 0.5) is 5.69 Å². The molecule has 0 spiro atoms. The maximum Gasteiger partial charge on any atom is 0.102 e. The summed E-state index contributed by atoms with van der Waals surface area (Å²) in [5.41, 5.74) is 0.710. The second kappa shape index (κ2) is 6.67. The summed E-state index contributed by atoms with van der Waals surface area (Å²) in [7, 11) is 0. The molecule has 0 aromatic heterocycles. The van der Waals surface area contributed by atoms with Crippen molar-refractivity contribution in [3.8, 4) is 6.07 Å². The van der Waals surface area contributed by atoms with Gasteiger partial charge in [0.25, 0.3) is 0 Å². The number of thioether (sulfide) groups is 1. The van der Waals surface area contributed by atoms with Crippen molar-refractivity contribution in [3.63, 3.8) is 0 Å². The lowest BCUT2D eigenvalue weighted by Crippen LogP contribution is -2.32. The Kier molecular flexibility index (Phi) is 5.52. The molecule has 0 aliphatic heterocycles. The standard InChI is InChI=1S/C14H20N2OS/c1-4-14(3,17)10-16-12-7-6-8-13(18-5-2)11(12)9-15/h6-8,16-17H,4-5,10H2,1-3H3. The van der Waals surface area contributed by atoms with Crippen molar-refractivity contribution < 1.29 is 5.11 Å². The monoisotopic (exact) mass is 264 g/mol. The number of aliphatic hydroxyl groups is 1. The van der Waals surface area contributed by atoms with Crippen LogP contribution in [-0.2, 0) is 0 Å². The smallest absolute Gasteiger partial charge is 0.102 e.